The number of benzene rings is 1. The van der Waals surface area contributed by atoms with Crippen molar-refractivity contribution in [3.05, 3.63) is 34.4 Å². The zero-order valence-corrected chi connectivity index (χ0v) is 13.8. The molecule has 0 aliphatic rings. The number of nitrogens with zero attached hydrogens (tertiary/aromatic N) is 1. The second-order valence-corrected chi connectivity index (χ2v) is 5.67. The highest BCUT2D eigenvalue weighted by atomic mass is 16.6. The molecule has 0 aliphatic carbocycles. The molecular formula is C15H19N3O8. The lowest BCUT2D eigenvalue weighted by molar-refractivity contribution is -0.384. The molecule has 1 rings (SSSR count). The molecule has 0 bridgehead atoms. The van der Waals surface area contributed by atoms with Crippen molar-refractivity contribution in [3.8, 4) is 0 Å². The molecular weight excluding hydrogens is 350 g/mol. The third-order valence-corrected chi connectivity index (χ3v) is 3.67. The lowest BCUT2D eigenvalue weighted by atomic mass is 9.83. The van der Waals surface area contributed by atoms with Gasteiger partial charge < -0.3 is 26.0 Å². The second-order valence-electron chi connectivity index (χ2n) is 5.67. The summed E-state index contributed by atoms with van der Waals surface area (Å²) in [5, 5.41) is 43.2. The quantitative estimate of drug-likeness (QED) is 0.285. The number of amides is 2. The number of hydrogen-bond acceptors (Lipinski definition) is 7. The van der Waals surface area contributed by atoms with Gasteiger partial charge in [0.1, 0.15) is 11.5 Å². The summed E-state index contributed by atoms with van der Waals surface area (Å²) >= 11 is 0. The normalized spacial score (nSPS) is 14.0. The summed E-state index contributed by atoms with van der Waals surface area (Å²) in [6, 6.07) is 4.82. The molecule has 5 N–H and O–H groups in total. The van der Waals surface area contributed by atoms with E-state index < -0.39 is 40.8 Å². The standard InChI is InChI=1S/C15H19N3O8/c1-15(8-19,12(22)13(23)16-7-6-11(20)21)14(24)17-9-2-4-10(5-3-9)18(25)26/h2-5,12,19,22H,6-8H2,1H3,(H,16,23)(H,17,24)(H,20,21). The Labute approximate surface area is 147 Å². The fraction of sp³-hybridized carbons (Fsp3) is 0.400. The number of carboxylic acids is 1. The number of carboxylic acid groups (broad SMARTS) is 1. The van der Waals surface area contributed by atoms with Gasteiger partial charge in [0.2, 0.25) is 11.8 Å². The average molecular weight is 369 g/mol. The highest BCUT2D eigenvalue weighted by molar-refractivity contribution is 5.99. The van der Waals surface area contributed by atoms with Crippen molar-refractivity contribution >= 4 is 29.2 Å². The fourth-order valence-electron chi connectivity index (χ4n) is 1.90. The largest absolute Gasteiger partial charge is 0.481 e. The Balaban J connectivity index is 2.82. The van der Waals surface area contributed by atoms with Gasteiger partial charge in [-0.05, 0) is 19.1 Å². The second kappa shape index (κ2) is 8.87. The molecule has 0 aliphatic heterocycles. The summed E-state index contributed by atoms with van der Waals surface area (Å²) < 4.78 is 0. The van der Waals surface area contributed by atoms with E-state index >= 15 is 0 Å². The highest BCUT2D eigenvalue weighted by Crippen LogP contribution is 2.25. The van der Waals surface area contributed by atoms with E-state index in [2.05, 4.69) is 10.6 Å². The minimum Gasteiger partial charge on any atom is -0.481 e. The first-order chi connectivity index (χ1) is 12.1. The molecule has 0 saturated carbocycles. The number of carbonyl (C=O) groups excluding carboxylic acids is 2. The van der Waals surface area contributed by atoms with Gasteiger partial charge in [-0.25, -0.2) is 0 Å². The van der Waals surface area contributed by atoms with E-state index in [0.717, 1.165) is 19.1 Å². The number of rotatable bonds is 9. The van der Waals surface area contributed by atoms with E-state index in [4.69, 9.17) is 5.11 Å². The maximum absolute atomic E-state index is 12.4. The number of anilines is 1. The molecule has 1 aromatic carbocycles. The van der Waals surface area contributed by atoms with Crippen LogP contribution in [-0.4, -0.2) is 57.3 Å². The number of nitrogens with one attached hydrogen (secondary N) is 2. The van der Waals surface area contributed by atoms with Gasteiger partial charge in [-0.15, -0.1) is 0 Å². The fourth-order valence-corrected chi connectivity index (χ4v) is 1.90. The van der Waals surface area contributed by atoms with Gasteiger partial charge in [0.25, 0.3) is 5.69 Å². The van der Waals surface area contributed by atoms with E-state index in [-0.39, 0.29) is 24.3 Å². The minimum absolute atomic E-state index is 0.166. The van der Waals surface area contributed by atoms with Crippen LogP contribution < -0.4 is 10.6 Å². The molecule has 0 radical (unpaired) electrons. The molecule has 11 nitrogen and oxygen atoms in total. The Bertz CT molecular complexity index is 691. The van der Waals surface area contributed by atoms with Crippen LogP contribution in [0.4, 0.5) is 11.4 Å². The van der Waals surface area contributed by atoms with Crippen LogP contribution in [0.1, 0.15) is 13.3 Å². The van der Waals surface area contributed by atoms with Crippen LogP contribution in [0.3, 0.4) is 0 Å². The number of nitro benzene ring substituents is 1. The predicted octanol–water partition coefficient (Wildman–Crippen LogP) is -0.516. The van der Waals surface area contributed by atoms with Crippen LogP contribution in [0.5, 0.6) is 0 Å². The Kier molecular flexibility index (Phi) is 7.16. The molecule has 142 valence electrons. The summed E-state index contributed by atoms with van der Waals surface area (Å²) in [5.41, 5.74) is -1.95. The number of non-ortho nitro benzene ring substituents is 1. The number of hydrogen-bond donors (Lipinski definition) is 5. The van der Waals surface area contributed by atoms with Crippen molar-refractivity contribution in [2.45, 2.75) is 19.4 Å². The third-order valence-electron chi connectivity index (χ3n) is 3.67. The maximum Gasteiger partial charge on any atom is 0.305 e. The van der Waals surface area contributed by atoms with Crippen molar-refractivity contribution < 1.29 is 34.6 Å². The third kappa shape index (κ3) is 5.22. The Hall–Kier alpha value is -3.05. The maximum atomic E-state index is 12.4. The first kappa shape index (κ1) is 21.0. The Morgan fingerprint density at radius 1 is 1.27 bits per heavy atom. The number of aliphatic hydroxyl groups is 2. The zero-order chi connectivity index (χ0) is 19.9. The molecule has 2 unspecified atom stereocenters. The molecule has 0 fully saturated rings. The van der Waals surface area contributed by atoms with E-state index in [1.54, 1.807) is 0 Å². The van der Waals surface area contributed by atoms with Crippen LogP contribution in [0.15, 0.2) is 24.3 Å². The first-order valence-corrected chi connectivity index (χ1v) is 7.46. The topological polar surface area (TPSA) is 179 Å². The summed E-state index contributed by atoms with van der Waals surface area (Å²) in [6.07, 6.45) is -2.32. The van der Waals surface area contributed by atoms with Crippen molar-refractivity contribution in [1.82, 2.24) is 5.32 Å². The van der Waals surface area contributed by atoms with Crippen LogP contribution >= 0.6 is 0 Å². The number of carbonyl (C=O) groups is 3. The summed E-state index contributed by atoms with van der Waals surface area (Å²) in [6.45, 7) is 0.0191. The number of nitro groups is 1. The van der Waals surface area contributed by atoms with Gasteiger partial charge in [0.15, 0.2) is 0 Å². The molecule has 1 aromatic rings. The molecule has 2 atom stereocenters. The van der Waals surface area contributed by atoms with E-state index in [1.165, 1.54) is 12.1 Å². The van der Waals surface area contributed by atoms with Crippen molar-refractivity contribution in [3.63, 3.8) is 0 Å². The predicted molar refractivity (Wildman–Crippen MR) is 88.2 cm³/mol. The monoisotopic (exact) mass is 369 g/mol. The molecule has 11 heteroatoms. The summed E-state index contributed by atoms with van der Waals surface area (Å²) in [4.78, 5) is 44.7. The lowest BCUT2D eigenvalue weighted by Gasteiger charge is -2.30. The van der Waals surface area contributed by atoms with Gasteiger partial charge in [0, 0.05) is 24.4 Å². The number of aliphatic carboxylic acids is 1. The Morgan fingerprint density at radius 2 is 1.85 bits per heavy atom. The van der Waals surface area contributed by atoms with Crippen molar-refractivity contribution in [1.29, 1.82) is 0 Å². The van der Waals surface area contributed by atoms with Crippen molar-refractivity contribution in [2.75, 3.05) is 18.5 Å². The van der Waals surface area contributed by atoms with Crippen LogP contribution in [0.25, 0.3) is 0 Å². The molecule has 2 amide bonds. The smallest absolute Gasteiger partial charge is 0.305 e. The van der Waals surface area contributed by atoms with Gasteiger partial charge in [-0.1, -0.05) is 0 Å². The molecule has 26 heavy (non-hydrogen) atoms. The Morgan fingerprint density at radius 3 is 2.31 bits per heavy atom. The first-order valence-electron chi connectivity index (χ1n) is 7.46. The zero-order valence-electron chi connectivity index (χ0n) is 13.8. The summed E-state index contributed by atoms with van der Waals surface area (Å²) in [7, 11) is 0. The van der Waals surface area contributed by atoms with Gasteiger partial charge in [0.05, 0.1) is 18.0 Å². The van der Waals surface area contributed by atoms with Gasteiger partial charge >= 0.3 is 5.97 Å². The van der Waals surface area contributed by atoms with Crippen LogP contribution in [0, 0.1) is 15.5 Å². The SMILES string of the molecule is CC(CO)(C(=O)Nc1ccc([N+](=O)[O-])cc1)C(O)C(=O)NCCC(=O)O. The highest BCUT2D eigenvalue weighted by Gasteiger charge is 2.44. The van der Waals surface area contributed by atoms with Crippen LogP contribution in [0.2, 0.25) is 0 Å². The molecule has 0 spiro atoms. The molecule has 0 aromatic heterocycles. The average Bonchev–Trinajstić information content (AvgIpc) is 2.60. The van der Waals surface area contributed by atoms with Gasteiger partial charge in [-0.3, -0.25) is 24.5 Å². The molecule has 0 heterocycles. The van der Waals surface area contributed by atoms with E-state index in [9.17, 15) is 34.7 Å². The van der Waals surface area contributed by atoms with Gasteiger partial charge in [-0.2, -0.15) is 0 Å². The minimum atomic E-state index is -1.95. The summed E-state index contributed by atoms with van der Waals surface area (Å²) in [5.74, 6) is -3.06. The van der Waals surface area contributed by atoms with Crippen molar-refractivity contribution in [2.24, 2.45) is 5.41 Å². The molecule has 0 saturated heterocycles. The van der Waals surface area contributed by atoms with E-state index in [1.807, 2.05) is 0 Å². The lowest BCUT2D eigenvalue weighted by Crippen LogP contribution is -2.53. The van der Waals surface area contributed by atoms with E-state index in [0.29, 0.717) is 0 Å². The number of aliphatic hydroxyl groups excluding tert-OH is 2. The van der Waals surface area contributed by atoms with Crippen LogP contribution in [-0.2, 0) is 14.4 Å².